The van der Waals surface area contributed by atoms with Crippen LogP contribution in [-0.4, -0.2) is 15.0 Å². The average molecular weight is 310 g/mol. The van der Waals surface area contributed by atoms with Gasteiger partial charge in [0, 0.05) is 16.3 Å². The van der Waals surface area contributed by atoms with Crippen LogP contribution in [0.25, 0.3) is 0 Å². The summed E-state index contributed by atoms with van der Waals surface area (Å²) in [7, 11) is -3.46. The van der Waals surface area contributed by atoms with Crippen molar-refractivity contribution >= 4 is 21.4 Å². The molecule has 0 atom stereocenters. The minimum Gasteiger partial charge on any atom is -0.330 e. The summed E-state index contributed by atoms with van der Waals surface area (Å²) in [5.74, 6) is 0. The largest absolute Gasteiger partial charge is 0.330 e. The van der Waals surface area contributed by atoms with Crippen LogP contribution in [0.1, 0.15) is 15.3 Å². The fourth-order valence-corrected chi connectivity index (χ4v) is 3.76. The molecule has 0 saturated heterocycles. The van der Waals surface area contributed by atoms with Gasteiger partial charge < -0.3 is 5.73 Å². The topological polar surface area (TPSA) is 72.2 Å². The van der Waals surface area contributed by atoms with E-state index in [1.165, 1.54) is 4.88 Å². The van der Waals surface area contributed by atoms with Crippen molar-refractivity contribution in [3.63, 3.8) is 0 Å². The van der Waals surface area contributed by atoms with E-state index in [9.17, 15) is 8.42 Å². The summed E-state index contributed by atoms with van der Waals surface area (Å²) in [4.78, 5) is 2.46. The van der Waals surface area contributed by atoms with E-state index in [1.807, 2.05) is 19.1 Å². The predicted octanol–water partition coefficient (Wildman–Crippen LogP) is 2.04. The maximum atomic E-state index is 12.2. The monoisotopic (exact) mass is 310 g/mol. The first kappa shape index (κ1) is 15.2. The maximum Gasteiger partial charge on any atom is 0.240 e. The third-order valence-electron chi connectivity index (χ3n) is 2.90. The van der Waals surface area contributed by atoms with Crippen LogP contribution in [0.2, 0.25) is 0 Å². The molecule has 0 aliphatic carbocycles. The molecule has 2 aromatic rings. The third kappa shape index (κ3) is 3.89. The van der Waals surface area contributed by atoms with E-state index in [2.05, 4.69) is 4.72 Å². The van der Waals surface area contributed by atoms with Crippen molar-refractivity contribution in [3.05, 3.63) is 51.7 Å². The molecule has 6 heteroatoms. The lowest BCUT2D eigenvalue weighted by Crippen LogP contribution is -2.22. The van der Waals surface area contributed by atoms with E-state index in [0.717, 1.165) is 16.9 Å². The van der Waals surface area contributed by atoms with Gasteiger partial charge in [-0.15, -0.1) is 11.3 Å². The third-order valence-corrected chi connectivity index (χ3v) is 5.32. The van der Waals surface area contributed by atoms with Crippen molar-refractivity contribution in [2.24, 2.45) is 5.73 Å². The fourth-order valence-electron chi connectivity index (χ4n) is 1.83. The lowest BCUT2D eigenvalue weighted by Gasteiger charge is -2.06. The zero-order valence-corrected chi connectivity index (χ0v) is 12.9. The molecule has 1 heterocycles. The fraction of sp³-hybridized carbons (Fsp3) is 0.286. The normalized spacial score (nSPS) is 11.7. The minimum atomic E-state index is -3.46. The summed E-state index contributed by atoms with van der Waals surface area (Å²) in [5.41, 5.74) is 6.51. The van der Waals surface area contributed by atoms with Gasteiger partial charge in [-0.3, -0.25) is 0 Å². The second-order valence-electron chi connectivity index (χ2n) is 4.52. The molecule has 108 valence electrons. The molecule has 0 spiro atoms. The van der Waals surface area contributed by atoms with Crippen molar-refractivity contribution in [2.75, 3.05) is 6.54 Å². The van der Waals surface area contributed by atoms with Crippen molar-refractivity contribution < 1.29 is 8.42 Å². The molecule has 3 N–H and O–H groups in total. The van der Waals surface area contributed by atoms with Gasteiger partial charge >= 0.3 is 0 Å². The Hall–Kier alpha value is -1.21. The molecule has 2 rings (SSSR count). The number of rotatable bonds is 6. The van der Waals surface area contributed by atoms with Gasteiger partial charge in [0.05, 0.1) is 4.90 Å². The quantitative estimate of drug-likeness (QED) is 0.857. The zero-order chi connectivity index (χ0) is 14.6. The summed E-state index contributed by atoms with van der Waals surface area (Å²) in [6.07, 6.45) is 0.752. The number of hydrogen-bond acceptors (Lipinski definition) is 4. The number of nitrogens with one attached hydrogen (secondary N) is 1. The van der Waals surface area contributed by atoms with E-state index in [1.54, 1.807) is 35.6 Å². The van der Waals surface area contributed by atoms with Gasteiger partial charge in [-0.05, 0) is 49.7 Å². The highest BCUT2D eigenvalue weighted by Gasteiger charge is 2.13. The minimum absolute atomic E-state index is 0.284. The van der Waals surface area contributed by atoms with E-state index in [4.69, 9.17) is 5.73 Å². The van der Waals surface area contributed by atoms with Crippen molar-refractivity contribution in [3.8, 4) is 0 Å². The van der Waals surface area contributed by atoms with Gasteiger partial charge in [0.1, 0.15) is 0 Å². The Balaban J connectivity index is 2.05. The summed E-state index contributed by atoms with van der Waals surface area (Å²) >= 11 is 1.59. The first-order chi connectivity index (χ1) is 9.51. The zero-order valence-electron chi connectivity index (χ0n) is 11.3. The lowest BCUT2D eigenvalue weighted by atomic mass is 10.2. The van der Waals surface area contributed by atoms with E-state index in [-0.39, 0.29) is 4.90 Å². The molecule has 4 nitrogen and oxygen atoms in total. The Kier molecular flexibility index (Phi) is 4.93. The Bertz CT molecular complexity index is 661. The van der Waals surface area contributed by atoms with Gasteiger partial charge in [0.15, 0.2) is 0 Å². The summed E-state index contributed by atoms with van der Waals surface area (Å²) < 4.78 is 26.9. The number of nitrogens with two attached hydrogens (primary N) is 1. The van der Waals surface area contributed by atoms with Crippen LogP contribution in [0, 0.1) is 6.92 Å². The molecule has 0 bridgehead atoms. The van der Waals surface area contributed by atoms with Gasteiger partial charge in [-0.25, -0.2) is 13.1 Å². The molecule has 0 unspecified atom stereocenters. The number of hydrogen-bond donors (Lipinski definition) is 2. The molecule has 0 aliphatic heterocycles. The maximum absolute atomic E-state index is 12.2. The Morgan fingerprint density at radius 1 is 1.15 bits per heavy atom. The standard InChI is InChI=1S/C14H18N2O2S2/c1-11-2-5-13(19-11)10-16-20(17,18)14-6-3-12(4-7-14)8-9-15/h2-7,16H,8-10,15H2,1H3. The van der Waals surface area contributed by atoms with Crippen molar-refractivity contribution in [2.45, 2.75) is 24.8 Å². The van der Waals surface area contributed by atoms with Crippen LogP contribution in [0.15, 0.2) is 41.3 Å². The molecule has 0 aliphatic rings. The van der Waals surface area contributed by atoms with Gasteiger partial charge in [0.2, 0.25) is 10.0 Å². The molecule has 20 heavy (non-hydrogen) atoms. The van der Waals surface area contributed by atoms with Crippen molar-refractivity contribution in [1.29, 1.82) is 0 Å². The van der Waals surface area contributed by atoms with Crippen LogP contribution in [0.5, 0.6) is 0 Å². The van der Waals surface area contributed by atoms with Crippen LogP contribution < -0.4 is 10.5 Å². The first-order valence-corrected chi connectivity index (χ1v) is 8.65. The number of aryl methyl sites for hydroxylation is 1. The molecular formula is C14H18N2O2S2. The lowest BCUT2D eigenvalue weighted by molar-refractivity contribution is 0.582. The number of sulfonamides is 1. The molecule has 0 saturated carbocycles. The van der Waals surface area contributed by atoms with Gasteiger partial charge in [0.25, 0.3) is 0 Å². The average Bonchev–Trinajstić information content (AvgIpc) is 2.84. The summed E-state index contributed by atoms with van der Waals surface area (Å²) in [6.45, 7) is 2.88. The molecule has 1 aromatic carbocycles. The molecular weight excluding hydrogens is 292 g/mol. The SMILES string of the molecule is Cc1ccc(CNS(=O)(=O)c2ccc(CCN)cc2)s1. The molecule has 0 fully saturated rings. The Morgan fingerprint density at radius 3 is 2.40 bits per heavy atom. The smallest absolute Gasteiger partial charge is 0.240 e. The number of thiophene rings is 1. The van der Waals surface area contributed by atoms with Crippen LogP contribution >= 0.6 is 11.3 Å². The highest BCUT2D eigenvalue weighted by atomic mass is 32.2. The predicted molar refractivity (Wildman–Crippen MR) is 82.3 cm³/mol. The highest BCUT2D eigenvalue weighted by Crippen LogP contribution is 2.16. The van der Waals surface area contributed by atoms with E-state index < -0.39 is 10.0 Å². The second kappa shape index (κ2) is 6.49. The molecule has 0 radical (unpaired) electrons. The second-order valence-corrected chi connectivity index (χ2v) is 7.66. The molecule has 0 amide bonds. The highest BCUT2D eigenvalue weighted by molar-refractivity contribution is 7.89. The number of benzene rings is 1. The summed E-state index contributed by atoms with van der Waals surface area (Å²) in [6, 6.07) is 10.8. The van der Waals surface area contributed by atoms with Crippen LogP contribution in [0.3, 0.4) is 0 Å². The van der Waals surface area contributed by atoms with Gasteiger partial charge in [-0.2, -0.15) is 0 Å². The van der Waals surface area contributed by atoms with E-state index in [0.29, 0.717) is 13.1 Å². The molecule has 1 aromatic heterocycles. The van der Waals surface area contributed by atoms with E-state index >= 15 is 0 Å². The Morgan fingerprint density at radius 2 is 1.85 bits per heavy atom. The summed E-state index contributed by atoms with van der Waals surface area (Å²) in [5, 5.41) is 0. The van der Waals surface area contributed by atoms with Gasteiger partial charge in [-0.1, -0.05) is 12.1 Å². The van der Waals surface area contributed by atoms with Crippen molar-refractivity contribution in [1.82, 2.24) is 4.72 Å². The first-order valence-electron chi connectivity index (χ1n) is 6.35. The van der Waals surface area contributed by atoms with Crippen LogP contribution in [0.4, 0.5) is 0 Å². The Labute approximate surface area is 123 Å². The van der Waals surface area contributed by atoms with Crippen LogP contribution in [-0.2, 0) is 23.0 Å².